The molecule has 16 heavy (non-hydrogen) atoms. The Kier molecular flexibility index (Phi) is 4.57. The summed E-state index contributed by atoms with van der Waals surface area (Å²) in [7, 11) is 1.55. The third-order valence-corrected chi connectivity index (χ3v) is 1.98. The number of hydrogen-bond acceptors (Lipinski definition) is 5. The van der Waals surface area contributed by atoms with Crippen molar-refractivity contribution in [3.63, 3.8) is 0 Å². The minimum atomic E-state index is -0.455. The van der Waals surface area contributed by atoms with Gasteiger partial charge in [-0.05, 0) is 26.0 Å². The van der Waals surface area contributed by atoms with Crippen molar-refractivity contribution < 1.29 is 14.3 Å². The van der Waals surface area contributed by atoms with Crippen molar-refractivity contribution in [3.8, 4) is 5.75 Å². The van der Waals surface area contributed by atoms with E-state index in [1.54, 1.807) is 39.3 Å². The average molecular weight is 224 g/mol. The summed E-state index contributed by atoms with van der Waals surface area (Å²) in [5.41, 5.74) is 0. The standard InChI is InChI=1S/C11H16N2O3/c1-4-16-11(14)8(2)13-10-9(15-3)6-5-7-12-10/h5-8H,4H2,1-3H3,(H,12,13). The lowest BCUT2D eigenvalue weighted by atomic mass is 10.3. The molecule has 0 aliphatic rings. The molecular formula is C11H16N2O3. The molecule has 0 spiro atoms. The zero-order valence-corrected chi connectivity index (χ0v) is 9.69. The van der Waals surface area contributed by atoms with E-state index in [2.05, 4.69) is 10.3 Å². The molecule has 0 aliphatic carbocycles. The van der Waals surface area contributed by atoms with Crippen LogP contribution in [0.1, 0.15) is 13.8 Å². The van der Waals surface area contributed by atoms with Crippen molar-refractivity contribution in [2.45, 2.75) is 19.9 Å². The number of anilines is 1. The van der Waals surface area contributed by atoms with Crippen LogP contribution in [0.4, 0.5) is 5.82 Å². The molecule has 1 aromatic heterocycles. The van der Waals surface area contributed by atoms with Gasteiger partial charge in [0, 0.05) is 6.20 Å². The number of hydrogen-bond donors (Lipinski definition) is 1. The van der Waals surface area contributed by atoms with Crippen LogP contribution in [-0.2, 0) is 9.53 Å². The van der Waals surface area contributed by atoms with Crippen molar-refractivity contribution in [2.75, 3.05) is 19.0 Å². The summed E-state index contributed by atoms with van der Waals surface area (Å²) in [5.74, 6) is 0.819. The molecular weight excluding hydrogens is 208 g/mol. The highest BCUT2D eigenvalue weighted by Gasteiger charge is 2.15. The predicted molar refractivity (Wildman–Crippen MR) is 60.5 cm³/mol. The first-order valence-corrected chi connectivity index (χ1v) is 5.11. The van der Waals surface area contributed by atoms with Gasteiger partial charge in [-0.3, -0.25) is 0 Å². The zero-order chi connectivity index (χ0) is 12.0. The molecule has 5 heteroatoms. The third kappa shape index (κ3) is 3.12. The summed E-state index contributed by atoms with van der Waals surface area (Å²) in [6.45, 7) is 3.85. The molecule has 0 radical (unpaired) electrons. The van der Waals surface area contributed by atoms with Gasteiger partial charge >= 0.3 is 5.97 Å². The van der Waals surface area contributed by atoms with Gasteiger partial charge in [0.15, 0.2) is 11.6 Å². The fourth-order valence-corrected chi connectivity index (χ4v) is 1.19. The number of nitrogens with zero attached hydrogens (tertiary/aromatic N) is 1. The van der Waals surface area contributed by atoms with Crippen LogP contribution >= 0.6 is 0 Å². The van der Waals surface area contributed by atoms with E-state index in [-0.39, 0.29) is 5.97 Å². The average Bonchev–Trinajstić information content (AvgIpc) is 2.30. The second-order valence-electron chi connectivity index (χ2n) is 3.17. The lowest BCUT2D eigenvalue weighted by Crippen LogP contribution is -2.28. The Balaban J connectivity index is 2.68. The smallest absolute Gasteiger partial charge is 0.328 e. The molecule has 1 heterocycles. The quantitative estimate of drug-likeness (QED) is 0.767. The second-order valence-corrected chi connectivity index (χ2v) is 3.17. The Morgan fingerprint density at radius 1 is 1.62 bits per heavy atom. The van der Waals surface area contributed by atoms with E-state index in [4.69, 9.17) is 9.47 Å². The highest BCUT2D eigenvalue weighted by atomic mass is 16.5. The van der Waals surface area contributed by atoms with E-state index in [9.17, 15) is 4.79 Å². The lowest BCUT2D eigenvalue weighted by molar-refractivity contribution is -0.143. The molecule has 0 fully saturated rings. The van der Waals surface area contributed by atoms with Crippen molar-refractivity contribution in [1.82, 2.24) is 4.98 Å². The van der Waals surface area contributed by atoms with Gasteiger partial charge < -0.3 is 14.8 Å². The SMILES string of the molecule is CCOC(=O)C(C)Nc1ncccc1OC. The largest absolute Gasteiger partial charge is 0.493 e. The van der Waals surface area contributed by atoms with Crippen molar-refractivity contribution in [3.05, 3.63) is 18.3 Å². The maximum Gasteiger partial charge on any atom is 0.328 e. The Morgan fingerprint density at radius 2 is 2.38 bits per heavy atom. The summed E-state index contributed by atoms with van der Waals surface area (Å²) in [4.78, 5) is 15.5. The van der Waals surface area contributed by atoms with Crippen LogP contribution in [0.25, 0.3) is 0 Å². The van der Waals surface area contributed by atoms with E-state index in [1.807, 2.05) is 0 Å². The fourth-order valence-electron chi connectivity index (χ4n) is 1.19. The molecule has 0 saturated heterocycles. The first-order chi connectivity index (χ1) is 7.69. The first kappa shape index (κ1) is 12.3. The Hall–Kier alpha value is -1.78. The maximum atomic E-state index is 11.4. The van der Waals surface area contributed by atoms with Crippen LogP contribution in [-0.4, -0.2) is 30.7 Å². The first-order valence-electron chi connectivity index (χ1n) is 5.11. The molecule has 1 rings (SSSR count). The molecule has 88 valence electrons. The Bertz CT molecular complexity index is 355. The van der Waals surface area contributed by atoms with E-state index < -0.39 is 6.04 Å². The number of pyridine rings is 1. The van der Waals surface area contributed by atoms with Crippen LogP contribution in [0, 0.1) is 0 Å². The van der Waals surface area contributed by atoms with E-state index >= 15 is 0 Å². The van der Waals surface area contributed by atoms with Gasteiger partial charge in [0.25, 0.3) is 0 Å². The van der Waals surface area contributed by atoms with Crippen LogP contribution in [0.3, 0.4) is 0 Å². The normalized spacial score (nSPS) is 11.7. The van der Waals surface area contributed by atoms with Crippen LogP contribution < -0.4 is 10.1 Å². The fraction of sp³-hybridized carbons (Fsp3) is 0.455. The summed E-state index contributed by atoms with van der Waals surface area (Å²) >= 11 is 0. The lowest BCUT2D eigenvalue weighted by Gasteiger charge is -2.14. The molecule has 1 N–H and O–H groups in total. The zero-order valence-electron chi connectivity index (χ0n) is 9.69. The minimum Gasteiger partial charge on any atom is -0.493 e. The number of nitrogens with one attached hydrogen (secondary N) is 1. The van der Waals surface area contributed by atoms with Crippen molar-refractivity contribution in [2.24, 2.45) is 0 Å². The molecule has 0 amide bonds. The number of methoxy groups -OCH3 is 1. The van der Waals surface area contributed by atoms with Gasteiger partial charge in [0.2, 0.25) is 0 Å². The highest BCUT2D eigenvalue weighted by Crippen LogP contribution is 2.20. The number of carbonyl (C=O) groups excluding carboxylic acids is 1. The topological polar surface area (TPSA) is 60.5 Å². The van der Waals surface area contributed by atoms with E-state index in [0.717, 1.165) is 0 Å². The molecule has 1 unspecified atom stereocenters. The molecule has 1 aromatic rings. The van der Waals surface area contributed by atoms with Gasteiger partial charge in [0.1, 0.15) is 6.04 Å². The molecule has 0 aliphatic heterocycles. The van der Waals surface area contributed by atoms with E-state index in [0.29, 0.717) is 18.2 Å². The monoisotopic (exact) mass is 224 g/mol. The number of aromatic nitrogens is 1. The number of carbonyl (C=O) groups is 1. The highest BCUT2D eigenvalue weighted by molar-refractivity contribution is 5.78. The summed E-state index contributed by atoms with van der Waals surface area (Å²) in [6, 6.07) is 3.08. The number of ether oxygens (including phenoxy) is 2. The van der Waals surface area contributed by atoms with Gasteiger partial charge in [-0.1, -0.05) is 0 Å². The Labute approximate surface area is 94.8 Å². The second kappa shape index (κ2) is 5.95. The Morgan fingerprint density at radius 3 is 3.00 bits per heavy atom. The molecule has 1 atom stereocenters. The van der Waals surface area contributed by atoms with Crippen LogP contribution in [0.2, 0.25) is 0 Å². The minimum absolute atomic E-state index is 0.310. The third-order valence-electron chi connectivity index (χ3n) is 1.98. The van der Waals surface area contributed by atoms with Crippen LogP contribution in [0.15, 0.2) is 18.3 Å². The molecule has 0 bridgehead atoms. The number of esters is 1. The van der Waals surface area contributed by atoms with Gasteiger partial charge in [0.05, 0.1) is 13.7 Å². The van der Waals surface area contributed by atoms with Crippen molar-refractivity contribution in [1.29, 1.82) is 0 Å². The summed E-state index contributed by atoms with van der Waals surface area (Å²) < 4.78 is 9.99. The molecule has 5 nitrogen and oxygen atoms in total. The van der Waals surface area contributed by atoms with Gasteiger partial charge in [-0.2, -0.15) is 0 Å². The summed E-state index contributed by atoms with van der Waals surface area (Å²) in [5, 5.41) is 2.94. The van der Waals surface area contributed by atoms with Gasteiger partial charge in [-0.15, -0.1) is 0 Å². The predicted octanol–water partition coefficient (Wildman–Crippen LogP) is 1.45. The maximum absolute atomic E-state index is 11.4. The van der Waals surface area contributed by atoms with E-state index in [1.165, 1.54) is 0 Å². The van der Waals surface area contributed by atoms with Gasteiger partial charge in [-0.25, -0.2) is 9.78 Å². The van der Waals surface area contributed by atoms with Crippen LogP contribution in [0.5, 0.6) is 5.75 Å². The number of rotatable bonds is 5. The molecule has 0 saturated carbocycles. The van der Waals surface area contributed by atoms with Crippen molar-refractivity contribution >= 4 is 11.8 Å². The summed E-state index contributed by atoms with van der Waals surface area (Å²) in [6.07, 6.45) is 1.63. The molecule has 0 aromatic carbocycles.